The van der Waals surface area contributed by atoms with Gasteiger partial charge in [0, 0.05) is 30.0 Å². The molecular formula is C20H26ClN5O2. The van der Waals surface area contributed by atoms with Crippen LogP contribution in [0.2, 0.25) is 5.02 Å². The zero-order valence-corrected chi connectivity index (χ0v) is 17.2. The highest BCUT2D eigenvalue weighted by atomic mass is 35.5. The Bertz CT molecular complexity index is 810. The van der Waals surface area contributed by atoms with Gasteiger partial charge >= 0.3 is 6.09 Å². The van der Waals surface area contributed by atoms with Crippen LogP contribution in [0.3, 0.4) is 0 Å². The summed E-state index contributed by atoms with van der Waals surface area (Å²) in [6.45, 7) is 5.57. The lowest BCUT2D eigenvalue weighted by molar-refractivity contribution is 0.0492. The second-order valence-corrected chi connectivity index (χ2v) is 8.39. The molecule has 28 heavy (non-hydrogen) atoms. The van der Waals surface area contributed by atoms with Gasteiger partial charge in [0.25, 0.3) is 0 Å². The average Bonchev–Trinajstić information content (AvgIpc) is 2.63. The van der Waals surface area contributed by atoms with Gasteiger partial charge in [0.15, 0.2) is 0 Å². The smallest absolute Gasteiger partial charge is 0.407 e. The normalized spacial score (nSPS) is 19.7. The molecule has 0 unspecified atom stereocenters. The molecule has 0 radical (unpaired) electrons. The molecule has 0 saturated heterocycles. The van der Waals surface area contributed by atoms with E-state index in [0.29, 0.717) is 16.7 Å². The monoisotopic (exact) mass is 403 g/mol. The van der Waals surface area contributed by atoms with Crippen LogP contribution in [0.25, 0.3) is 11.3 Å². The molecular weight excluding hydrogens is 378 g/mol. The van der Waals surface area contributed by atoms with Crippen molar-refractivity contribution < 1.29 is 9.53 Å². The molecule has 2 aromatic heterocycles. The van der Waals surface area contributed by atoms with Gasteiger partial charge < -0.3 is 15.4 Å². The topological polar surface area (TPSA) is 89.0 Å². The third-order valence-electron chi connectivity index (χ3n) is 4.41. The van der Waals surface area contributed by atoms with Crippen molar-refractivity contribution >= 4 is 23.6 Å². The number of nitrogens with one attached hydrogen (secondary N) is 2. The number of amides is 1. The van der Waals surface area contributed by atoms with Crippen molar-refractivity contribution in [3.8, 4) is 11.3 Å². The summed E-state index contributed by atoms with van der Waals surface area (Å²) in [5.41, 5.74) is 0.980. The zero-order valence-electron chi connectivity index (χ0n) is 16.4. The fraction of sp³-hybridized carbons (Fsp3) is 0.500. The van der Waals surface area contributed by atoms with Crippen LogP contribution in [-0.2, 0) is 4.74 Å². The number of alkyl carbamates (subject to hydrolysis) is 1. The molecule has 8 heteroatoms. The third-order valence-corrected chi connectivity index (χ3v) is 4.68. The van der Waals surface area contributed by atoms with E-state index in [9.17, 15) is 4.79 Å². The van der Waals surface area contributed by atoms with E-state index in [1.54, 1.807) is 18.6 Å². The molecule has 2 heterocycles. The highest BCUT2D eigenvalue weighted by molar-refractivity contribution is 6.32. The van der Waals surface area contributed by atoms with Gasteiger partial charge in [-0.25, -0.2) is 14.8 Å². The van der Waals surface area contributed by atoms with Crippen LogP contribution >= 0.6 is 11.6 Å². The molecule has 1 aliphatic rings. The minimum atomic E-state index is -0.504. The van der Waals surface area contributed by atoms with Crippen LogP contribution in [0.1, 0.15) is 46.5 Å². The molecule has 1 saturated carbocycles. The maximum atomic E-state index is 12.0. The van der Waals surface area contributed by atoms with Crippen LogP contribution in [0, 0.1) is 0 Å². The summed E-state index contributed by atoms with van der Waals surface area (Å²) >= 11 is 6.26. The lowest BCUT2D eigenvalue weighted by Crippen LogP contribution is -2.44. The number of anilines is 1. The fourth-order valence-electron chi connectivity index (χ4n) is 3.25. The fourth-order valence-corrected chi connectivity index (χ4v) is 3.45. The lowest BCUT2D eigenvalue weighted by Gasteiger charge is -2.31. The molecule has 1 amide bonds. The SMILES string of the molecule is CC(C)(C)OC(=O)N[C@H]1CCC[C@@H](Nc2ncc(Cl)c(-c3cccnc3)n2)C1. The molecule has 0 aromatic carbocycles. The molecule has 3 rings (SSSR count). The second-order valence-electron chi connectivity index (χ2n) is 7.98. The van der Waals surface area contributed by atoms with Gasteiger partial charge in [-0.2, -0.15) is 0 Å². The number of carbonyl (C=O) groups excluding carboxylic acids is 1. The number of aromatic nitrogens is 3. The van der Waals surface area contributed by atoms with Crippen molar-refractivity contribution in [1.29, 1.82) is 0 Å². The third kappa shape index (κ3) is 5.79. The Morgan fingerprint density at radius 2 is 2.04 bits per heavy atom. The average molecular weight is 404 g/mol. The number of halogens is 1. The van der Waals surface area contributed by atoms with Crippen LogP contribution in [0.15, 0.2) is 30.7 Å². The predicted molar refractivity (Wildman–Crippen MR) is 109 cm³/mol. The Morgan fingerprint density at radius 3 is 2.75 bits per heavy atom. The highest BCUT2D eigenvalue weighted by Crippen LogP contribution is 2.27. The first-order chi connectivity index (χ1) is 13.3. The first-order valence-corrected chi connectivity index (χ1v) is 9.87. The number of hydrogen-bond donors (Lipinski definition) is 2. The van der Waals surface area contributed by atoms with Crippen molar-refractivity contribution in [2.75, 3.05) is 5.32 Å². The Labute approximate surface area is 170 Å². The van der Waals surface area contributed by atoms with E-state index in [0.717, 1.165) is 31.2 Å². The summed E-state index contributed by atoms with van der Waals surface area (Å²) in [5.74, 6) is 0.520. The molecule has 1 fully saturated rings. The van der Waals surface area contributed by atoms with Crippen molar-refractivity contribution in [3.05, 3.63) is 35.7 Å². The molecule has 0 spiro atoms. The van der Waals surface area contributed by atoms with E-state index in [4.69, 9.17) is 16.3 Å². The van der Waals surface area contributed by atoms with Crippen molar-refractivity contribution in [2.45, 2.75) is 64.1 Å². The molecule has 2 N–H and O–H groups in total. The molecule has 2 aromatic rings. The Morgan fingerprint density at radius 1 is 1.25 bits per heavy atom. The molecule has 2 atom stereocenters. The van der Waals surface area contributed by atoms with Gasteiger partial charge in [0.2, 0.25) is 5.95 Å². The summed E-state index contributed by atoms with van der Waals surface area (Å²) in [6.07, 6.45) is 8.35. The van der Waals surface area contributed by atoms with Crippen molar-refractivity contribution in [1.82, 2.24) is 20.3 Å². The number of nitrogens with zero attached hydrogens (tertiary/aromatic N) is 3. The number of rotatable bonds is 4. The number of ether oxygens (including phenoxy) is 1. The van der Waals surface area contributed by atoms with E-state index >= 15 is 0 Å². The number of hydrogen-bond acceptors (Lipinski definition) is 6. The van der Waals surface area contributed by atoms with Crippen molar-refractivity contribution in [2.24, 2.45) is 0 Å². The number of pyridine rings is 1. The first kappa shape index (κ1) is 20.3. The van der Waals surface area contributed by atoms with Gasteiger partial charge in [-0.1, -0.05) is 11.6 Å². The largest absolute Gasteiger partial charge is 0.444 e. The van der Waals surface area contributed by atoms with Crippen LogP contribution in [0.4, 0.5) is 10.7 Å². The van der Waals surface area contributed by atoms with Crippen molar-refractivity contribution in [3.63, 3.8) is 0 Å². The molecule has 0 aliphatic heterocycles. The Kier molecular flexibility index (Phi) is 6.34. The van der Waals surface area contributed by atoms with E-state index in [1.807, 2.05) is 32.9 Å². The number of carbonyl (C=O) groups is 1. The zero-order chi connectivity index (χ0) is 20.1. The van der Waals surface area contributed by atoms with Crippen LogP contribution < -0.4 is 10.6 Å². The van der Waals surface area contributed by atoms with Crippen LogP contribution in [-0.4, -0.2) is 38.7 Å². The summed E-state index contributed by atoms with van der Waals surface area (Å²) in [7, 11) is 0. The highest BCUT2D eigenvalue weighted by Gasteiger charge is 2.26. The Balaban J connectivity index is 1.63. The molecule has 0 bridgehead atoms. The van der Waals surface area contributed by atoms with E-state index in [2.05, 4.69) is 25.6 Å². The van der Waals surface area contributed by atoms with Gasteiger partial charge in [-0.15, -0.1) is 0 Å². The molecule has 7 nitrogen and oxygen atoms in total. The van der Waals surface area contributed by atoms with Crippen LogP contribution in [0.5, 0.6) is 0 Å². The summed E-state index contributed by atoms with van der Waals surface area (Å²) < 4.78 is 5.36. The van der Waals surface area contributed by atoms with Gasteiger partial charge in [-0.3, -0.25) is 4.98 Å². The second kappa shape index (κ2) is 8.73. The summed E-state index contributed by atoms with van der Waals surface area (Å²) in [4.78, 5) is 25.0. The standard InChI is InChI=1S/C20H26ClN5O2/c1-20(2,3)28-19(27)25-15-8-4-7-14(10-15)24-18-23-12-16(21)17(26-18)13-6-5-9-22-11-13/h5-6,9,11-12,14-15H,4,7-8,10H2,1-3H3,(H,25,27)(H,23,24,26)/t14-,15+/m1/s1. The Hall–Kier alpha value is -2.41. The van der Waals surface area contributed by atoms with E-state index < -0.39 is 5.60 Å². The lowest BCUT2D eigenvalue weighted by atomic mass is 9.91. The first-order valence-electron chi connectivity index (χ1n) is 9.49. The van der Waals surface area contributed by atoms with E-state index in [-0.39, 0.29) is 18.2 Å². The summed E-state index contributed by atoms with van der Waals surface area (Å²) in [6, 6.07) is 3.98. The van der Waals surface area contributed by atoms with Gasteiger partial charge in [0.05, 0.1) is 16.9 Å². The molecule has 1 aliphatic carbocycles. The predicted octanol–water partition coefficient (Wildman–Crippen LogP) is 4.44. The maximum absolute atomic E-state index is 12.0. The minimum absolute atomic E-state index is 0.0613. The van der Waals surface area contributed by atoms with Gasteiger partial charge in [0.1, 0.15) is 5.60 Å². The minimum Gasteiger partial charge on any atom is -0.444 e. The summed E-state index contributed by atoms with van der Waals surface area (Å²) in [5, 5.41) is 6.82. The maximum Gasteiger partial charge on any atom is 0.407 e. The quantitative estimate of drug-likeness (QED) is 0.784. The van der Waals surface area contributed by atoms with E-state index in [1.165, 1.54) is 0 Å². The molecule has 150 valence electrons. The van der Waals surface area contributed by atoms with Gasteiger partial charge in [-0.05, 0) is 58.6 Å².